The molecule has 1 amide bonds. The van der Waals surface area contributed by atoms with E-state index >= 15 is 0 Å². The predicted molar refractivity (Wildman–Crippen MR) is 77.8 cm³/mol. The smallest absolute Gasteiger partial charge is 0.262 e. The Morgan fingerprint density at radius 2 is 2.09 bits per heavy atom. The first kappa shape index (κ1) is 18.7. The van der Waals surface area contributed by atoms with Crippen LogP contribution in [0.3, 0.4) is 0 Å². The first-order chi connectivity index (χ1) is 9.91. The zero-order chi connectivity index (χ0) is 15.5. The van der Waals surface area contributed by atoms with Gasteiger partial charge >= 0.3 is 0 Å². The van der Waals surface area contributed by atoms with Crippen LogP contribution in [0.2, 0.25) is 0 Å². The van der Waals surface area contributed by atoms with Crippen molar-refractivity contribution in [3.8, 4) is 0 Å². The summed E-state index contributed by atoms with van der Waals surface area (Å²) < 4.78 is 44.1. The highest BCUT2D eigenvalue weighted by molar-refractivity contribution is 5.85. The lowest BCUT2D eigenvalue weighted by molar-refractivity contribution is -0.124. The van der Waals surface area contributed by atoms with Crippen molar-refractivity contribution >= 4 is 18.3 Å². The van der Waals surface area contributed by atoms with E-state index in [1.54, 1.807) is 12.1 Å². The number of nitrogens with one attached hydrogen (secondary N) is 2. The molecule has 0 aromatic heterocycles. The van der Waals surface area contributed by atoms with E-state index in [1.165, 1.54) is 19.2 Å². The summed E-state index contributed by atoms with van der Waals surface area (Å²) in [4.78, 5) is 11.8. The first-order valence-electron chi connectivity index (χ1n) is 6.58. The minimum atomic E-state index is -2.85. The summed E-state index contributed by atoms with van der Waals surface area (Å²) >= 11 is 0. The van der Waals surface area contributed by atoms with Gasteiger partial charge in [-0.05, 0) is 17.7 Å². The van der Waals surface area contributed by atoms with Crippen molar-refractivity contribution in [1.82, 2.24) is 10.6 Å². The van der Waals surface area contributed by atoms with Gasteiger partial charge < -0.3 is 10.1 Å². The molecule has 124 valence electrons. The minimum absolute atomic E-state index is 0. The van der Waals surface area contributed by atoms with Crippen molar-refractivity contribution in [3.63, 3.8) is 0 Å². The second-order valence-electron chi connectivity index (χ2n) is 5.01. The van der Waals surface area contributed by atoms with Gasteiger partial charge in [0, 0.05) is 20.1 Å². The fraction of sp³-hybridized carbons (Fsp3) is 0.500. The van der Waals surface area contributed by atoms with Gasteiger partial charge in [0.2, 0.25) is 5.91 Å². The Hall–Kier alpha value is -1.31. The summed E-state index contributed by atoms with van der Waals surface area (Å²) in [6.07, 6.45) is -0.969. The summed E-state index contributed by atoms with van der Waals surface area (Å²) in [5, 5.41) is 5.06. The zero-order valence-electron chi connectivity index (χ0n) is 11.9. The number of carbonyl (C=O) groups excluding carboxylic acids is 1. The van der Waals surface area contributed by atoms with E-state index in [0.29, 0.717) is 5.56 Å². The molecule has 2 atom stereocenters. The number of alkyl halides is 2. The molecule has 2 N–H and O–H groups in total. The Bertz CT molecular complexity index is 499. The number of hydrogen-bond donors (Lipinski definition) is 2. The largest absolute Gasteiger partial charge is 0.375 e. The second-order valence-corrected chi connectivity index (χ2v) is 5.01. The summed E-state index contributed by atoms with van der Waals surface area (Å²) in [5.74, 6) is -3.70. The van der Waals surface area contributed by atoms with Crippen molar-refractivity contribution in [2.75, 3.05) is 20.2 Å². The van der Waals surface area contributed by atoms with E-state index in [2.05, 4.69) is 10.6 Å². The van der Waals surface area contributed by atoms with Crippen LogP contribution in [-0.4, -0.2) is 38.1 Å². The van der Waals surface area contributed by atoms with Crippen LogP contribution < -0.4 is 10.6 Å². The SMILES string of the molecule is COC(CNC(=O)C1CC(F)(F)CN1)c1ccc(F)cc1.Cl. The molecule has 0 bridgehead atoms. The third-order valence-corrected chi connectivity index (χ3v) is 3.41. The van der Waals surface area contributed by atoms with Crippen molar-refractivity contribution in [2.24, 2.45) is 0 Å². The molecular weight excluding hydrogens is 321 g/mol. The number of ether oxygens (including phenoxy) is 1. The number of halogens is 4. The fourth-order valence-electron chi connectivity index (χ4n) is 2.23. The second kappa shape index (κ2) is 7.80. The van der Waals surface area contributed by atoms with Crippen LogP contribution in [0.1, 0.15) is 18.1 Å². The third kappa shape index (κ3) is 4.86. The Balaban J connectivity index is 0.00000242. The summed E-state index contributed by atoms with van der Waals surface area (Å²) in [5.41, 5.74) is 0.698. The molecule has 22 heavy (non-hydrogen) atoms. The number of carbonyl (C=O) groups is 1. The molecule has 8 heteroatoms. The maximum absolute atomic E-state index is 13.0. The predicted octanol–water partition coefficient (Wildman–Crippen LogP) is 2.05. The van der Waals surface area contributed by atoms with Crippen LogP contribution in [0.4, 0.5) is 13.2 Å². The Morgan fingerprint density at radius 3 is 2.59 bits per heavy atom. The van der Waals surface area contributed by atoms with E-state index in [9.17, 15) is 18.0 Å². The van der Waals surface area contributed by atoms with Gasteiger partial charge in [0.15, 0.2) is 0 Å². The molecule has 1 aromatic rings. The molecule has 1 saturated heterocycles. The molecular formula is C14H18ClF3N2O2. The highest BCUT2D eigenvalue weighted by atomic mass is 35.5. The van der Waals surface area contributed by atoms with Crippen LogP contribution in [0.5, 0.6) is 0 Å². The van der Waals surface area contributed by atoms with Crippen LogP contribution in [0.15, 0.2) is 24.3 Å². The van der Waals surface area contributed by atoms with Gasteiger partial charge in [0.1, 0.15) is 5.82 Å². The highest BCUT2D eigenvalue weighted by Gasteiger charge is 2.42. The number of rotatable bonds is 5. The number of methoxy groups -OCH3 is 1. The molecule has 0 spiro atoms. The molecule has 0 saturated carbocycles. The summed E-state index contributed by atoms with van der Waals surface area (Å²) in [6.45, 7) is -0.360. The van der Waals surface area contributed by atoms with Gasteiger partial charge in [-0.15, -0.1) is 12.4 Å². The normalized spacial score (nSPS) is 21.0. The molecule has 0 radical (unpaired) electrons. The van der Waals surface area contributed by atoms with Crippen LogP contribution in [-0.2, 0) is 9.53 Å². The van der Waals surface area contributed by atoms with Crippen molar-refractivity contribution in [1.29, 1.82) is 0 Å². The van der Waals surface area contributed by atoms with Crippen LogP contribution >= 0.6 is 12.4 Å². The molecule has 1 heterocycles. The molecule has 4 nitrogen and oxygen atoms in total. The molecule has 2 rings (SSSR count). The quantitative estimate of drug-likeness (QED) is 0.864. The lowest BCUT2D eigenvalue weighted by Crippen LogP contribution is -2.42. The van der Waals surface area contributed by atoms with Crippen molar-refractivity contribution < 1.29 is 22.7 Å². The molecule has 1 fully saturated rings. The lowest BCUT2D eigenvalue weighted by atomic mass is 10.1. The first-order valence-corrected chi connectivity index (χ1v) is 6.58. The number of hydrogen-bond acceptors (Lipinski definition) is 3. The monoisotopic (exact) mass is 338 g/mol. The number of benzene rings is 1. The molecule has 1 aliphatic rings. The van der Waals surface area contributed by atoms with Crippen molar-refractivity contribution in [2.45, 2.75) is 24.5 Å². The standard InChI is InChI=1S/C14H17F3N2O2.ClH/c1-21-12(9-2-4-10(15)5-3-9)7-18-13(20)11-6-14(16,17)8-19-11;/h2-5,11-12,19H,6-8H2,1H3,(H,18,20);1H. The van der Waals surface area contributed by atoms with Gasteiger partial charge in [-0.1, -0.05) is 12.1 Å². The average molecular weight is 339 g/mol. The summed E-state index contributed by atoms with van der Waals surface area (Å²) in [7, 11) is 1.46. The average Bonchev–Trinajstić information content (AvgIpc) is 2.81. The number of amides is 1. The van der Waals surface area contributed by atoms with Gasteiger partial charge in [-0.3, -0.25) is 10.1 Å². The Morgan fingerprint density at radius 1 is 1.45 bits per heavy atom. The van der Waals surface area contributed by atoms with E-state index in [4.69, 9.17) is 4.74 Å². The van der Waals surface area contributed by atoms with E-state index in [-0.39, 0.29) is 24.8 Å². The van der Waals surface area contributed by atoms with Crippen LogP contribution in [0, 0.1) is 5.82 Å². The highest BCUT2D eigenvalue weighted by Crippen LogP contribution is 2.25. The maximum atomic E-state index is 13.0. The molecule has 0 aliphatic carbocycles. The molecule has 1 aliphatic heterocycles. The van der Waals surface area contributed by atoms with E-state index in [1.807, 2.05) is 0 Å². The summed E-state index contributed by atoms with van der Waals surface area (Å²) in [6, 6.07) is 4.80. The van der Waals surface area contributed by atoms with E-state index < -0.39 is 36.9 Å². The van der Waals surface area contributed by atoms with E-state index in [0.717, 1.165) is 0 Å². The molecule has 2 unspecified atom stereocenters. The lowest BCUT2D eigenvalue weighted by Gasteiger charge is -2.18. The minimum Gasteiger partial charge on any atom is -0.375 e. The third-order valence-electron chi connectivity index (χ3n) is 3.41. The maximum Gasteiger partial charge on any atom is 0.262 e. The Kier molecular flexibility index (Phi) is 6.65. The fourth-order valence-corrected chi connectivity index (χ4v) is 2.23. The zero-order valence-corrected chi connectivity index (χ0v) is 12.8. The van der Waals surface area contributed by atoms with Gasteiger partial charge in [0.25, 0.3) is 5.92 Å². The molecule has 1 aromatic carbocycles. The van der Waals surface area contributed by atoms with Crippen LogP contribution in [0.25, 0.3) is 0 Å². The van der Waals surface area contributed by atoms with Gasteiger partial charge in [0.05, 0.1) is 18.7 Å². The Labute approximate surface area is 132 Å². The van der Waals surface area contributed by atoms with Crippen molar-refractivity contribution in [3.05, 3.63) is 35.6 Å². The topological polar surface area (TPSA) is 50.4 Å². The van der Waals surface area contributed by atoms with Gasteiger partial charge in [-0.2, -0.15) is 0 Å². The van der Waals surface area contributed by atoms with Gasteiger partial charge in [-0.25, -0.2) is 13.2 Å².